The van der Waals surface area contributed by atoms with E-state index in [9.17, 15) is 20.0 Å². The number of nitrogens with zero attached hydrogens (tertiary/aromatic N) is 1. The van der Waals surface area contributed by atoms with E-state index >= 15 is 0 Å². The van der Waals surface area contributed by atoms with Gasteiger partial charge in [-0.15, -0.1) is 0 Å². The zero-order valence-electron chi connectivity index (χ0n) is 24.1. The molecule has 4 saturated carbocycles. The monoisotopic (exact) mass is 505 g/mol. The number of nitriles is 1. The van der Waals surface area contributed by atoms with Crippen LogP contribution >= 0.6 is 0 Å². The van der Waals surface area contributed by atoms with Crippen molar-refractivity contribution in [3.05, 3.63) is 23.8 Å². The molecule has 0 aromatic rings. The molecule has 1 N–H and O–H groups in total. The molecule has 5 rings (SSSR count). The van der Waals surface area contributed by atoms with E-state index in [4.69, 9.17) is 0 Å². The van der Waals surface area contributed by atoms with Gasteiger partial charge < -0.3 is 5.11 Å². The molecule has 5 aliphatic rings. The van der Waals surface area contributed by atoms with E-state index in [0.29, 0.717) is 12.3 Å². The van der Waals surface area contributed by atoms with Crippen molar-refractivity contribution in [3.8, 4) is 6.07 Å². The van der Waals surface area contributed by atoms with E-state index in [-0.39, 0.29) is 51.1 Å². The number of carbonyl (C=O) groups excluding carboxylic acids is 1. The van der Waals surface area contributed by atoms with Crippen molar-refractivity contribution in [1.82, 2.24) is 0 Å². The fourth-order valence-electron chi connectivity index (χ4n) is 11.3. The standard InChI is InChI=1S/C33H47NO3/c1-9-19-14-25-31(6)15-20(18-34)27(35)30(4,5)24(31)11-13-32(25,7)33(8)12-10-21-22(26(19)33)16-29(2,3)17-23(21)28(36)37/h9,20-25H,1,10-17H2,2-8H3,(H,36,37)/t20?,21?,22?,23-,24?,25?,31?,32?,33?/m1/s1. The van der Waals surface area contributed by atoms with Gasteiger partial charge in [0.2, 0.25) is 0 Å². The summed E-state index contributed by atoms with van der Waals surface area (Å²) in [6, 6.07) is 2.39. The quantitative estimate of drug-likeness (QED) is 0.419. The smallest absolute Gasteiger partial charge is 0.306 e. The van der Waals surface area contributed by atoms with E-state index < -0.39 is 17.3 Å². The highest BCUT2D eigenvalue weighted by Gasteiger charge is 2.69. The molecule has 0 radical (unpaired) electrons. The zero-order chi connectivity index (χ0) is 27.3. The van der Waals surface area contributed by atoms with Crippen LogP contribution in [-0.2, 0) is 9.59 Å². The summed E-state index contributed by atoms with van der Waals surface area (Å²) >= 11 is 0. The Bertz CT molecular complexity index is 1120. The van der Waals surface area contributed by atoms with Crippen LogP contribution in [0.3, 0.4) is 0 Å². The molecule has 37 heavy (non-hydrogen) atoms. The molecule has 0 aromatic heterocycles. The van der Waals surface area contributed by atoms with Gasteiger partial charge in [-0.2, -0.15) is 5.26 Å². The summed E-state index contributed by atoms with van der Waals surface area (Å²) in [5.41, 5.74) is 2.28. The molecule has 0 aromatic carbocycles. The van der Waals surface area contributed by atoms with Gasteiger partial charge >= 0.3 is 5.97 Å². The minimum absolute atomic E-state index is 0.00306. The minimum Gasteiger partial charge on any atom is -0.481 e. The molecule has 0 bridgehead atoms. The molecule has 4 fully saturated rings. The van der Waals surface area contributed by atoms with Gasteiger partial charge in [-0.05, 0) is 102 Å². The number of aliphatic carboxylic acids is 1. The Morgan fingerprint density at radius 1 is 1.03 bits per heavy atom. The molecule has 4 heteroatoms. The molecule has 8 unspecified atom stereocenters. The SMILES string of the molecule is C=CC1=C2C3CC(C)(C)C[C@@H](C(=O)O)C3CCC2(C)C2(C)CCC3C(C)(C)C(=O)C(C#N)CC3(C)C2C1. The fraction of sp³-hybridized carbons (Fsp3) is 0.788. The minimum atomic E-state index is -0.628. The molecule has 5 aliphatic carbocycles. The maximum atomic E-state index is 13.3. The lowest BCUT2D eigenvalue weighted by Crippen LogP contribution is -2.65. The van der Waals surface area contributed by atoms with Crippen LogP contribution in [0.1, 0.15) is 99.8 Å². The van der Waals surface area contributed by atoms with Crippen LogP contribution in [0.2, 0.25) is 0 Å². The van der Waals surface area contributed by atoms with E-state index in [1.54, 1.807) is 0 Å². The average Bonchev–Trinajstić information content (AvgIpc) is 2.80. The van der Waals surface area contributed by atoms with Crippen LogP contribution in [0.25, 0.3) is 0 Å². The number of rotatable bonds is 2. The van der Waals surface area contributed by atoms with Crippen molar-refractivity contribution in [2.45, 2.75) is 99.8 Å². The summed E-state index contributed by atoms with van der Waals surface area (Å²) in [4.78, 5) is 25.8. The Hall–Kier alpha value is -1.89. The van der Waals surface area contributed by atoms with Crippen molar-refractivity contribution >= 4 is 11.8 Å². The number of ketones is 1. The topological polar surface area (TPSA) is 78.2 Å². The summed E-state index contributed by atoms with van der Waals surface area (Å²) in [6.45, 7) is 20.4. The van der Waals surface area contributed by atoms with Gasteiger partial charge in [-0.1, -0.05) is 66.7 Å². The third-order valence-electron chi connectivity index (χ3n) is 13.1. The van der Waals surface area contributed by atoms with Crippen LogP contribution in [0.5, 0.6) is 0 Å². The molecule has 202 valence electrons. The Labute approximate surface area is 224 Å². The number of carboxylic acid groups (broad SMARTS) is 1. The predicted octanol–water partition coefficient (Wildman–Crippen LogP) is 7.60. The fourth-order valence-corrected chi connectivity index (χ4v) is 11.3. The summed E-state index contributed by atoms with van der Waals surface area (Å²) in [6.07, 6.45) is 9.56. The van der Waals surface area contributed by atoms with Gasteiger partial charge in [0.1, 0.15) is 5.92 Å². The Kier molecular flexibility index (Phi) is 5.82. The van der Waals surface area contributed by atoms with Crippen LogP contribution in [0, 0.1) is 73.9 Å². The number of hydrogen-bond acceptors (Lipinski definition) is 3. The Balaban J connectivity index is 1.66. The summed E-state index contributed by atoms with van der Waals surface area (Å²) < 4.78 is 0. The summed E-state index contributed by atoms with van der Waals surface area (Å²) in [5.74, 6) is -0.183. The van der Waals surface area contributed by atoms with E-state index in [2.05, 4.69) is 67.2 Å². The van der Waals surface area contributed by atoms with Crippen LogP contribution in [0.4, 0.5) is 0 Å². The number of Topliss-reactive ketones (excluding diaryl/α,β-unsaturated/α-hetero) is 1. The lowest BCUT2D eigenvalue weighted by atomic mass is 9.33. The zero-order valence-corrected chi connectivity index (χ0v) is 24.1. The largest absolute Gasteiger partial charge is 0.481 e. The second-order valence-corrected chi connectivity index (χ2v) is 15.5. The molecule has 0 spiro atoms. The number of hydrogen-bond donors (Lipinski definition) is 1. The molecule has 9 atom stereocenters. The van der Waals surface area contributed by atoms with Gasteiger partial charge in [0.05, 0.1) is 12.0 Å². The lowest BCUT2D eigenvalue weighted by molar-refractivity contribution is -0.188. The first kappa shape index (κ1) is 26.7. The number of fused-ring (bicyclic) bond motifs is 7. The first-order chi connectivity index (χ1) is 17.1. The predicted molar refractivity (Wildman–Crippen MR) is 145 cm³/mol. The molecular weight excluding hydrogens is 458 g/mol. The maximum Gasteiger partial charge on any atom is 0.306 e. The van der Waals surface area contributed by atoms with Gasteiger partial charge in [0.25, 0.3) is 0 Å². The number of carboxylic acids is 1. The highest BCUT2D eigenvalue weighted by Crippen LogP contribution is 2.75. The molecular formula is C33H47NO3. The van der Waals surface area contributed by atoms with Crippen molar-refractivity contribution in [3.63, 3.8) is 0 Å². The maximum absolute atomic E-state index is 13.3. The Morgan fingerprint density at radius 2 is 1.70 bits per heavy atom. The highest BCUT2D eigenvalue weighted by molar-refractivity contribution is 5.89. The van der Waals surface area contributed by atoms with E-state index in [1.165, 1.54) is 11.1 Å². The molecule has 0 aliphatic heterocycles. The molecule has 4 nitrogen and oxygen atoms in total. The number of carbonyl (C=O) groups is 2. The van der Waals surface area contributed by atoms with Crippen molar-refractivity contribution in [2.24, 2.45) is 62.6 Å². The van der Waals surface area contributed by atoms with E-state index in [1.807, 2.05) is 0 Å². The van der Waals surface area contributed by atoms with Crippen molar-refractivity contribution in [2.75, 3.05) is 0 Å². The number of allylic oxidation sites excluding steroid dienone is 3. The van der Waals surface area contributed by atoms with Crippen LogP contribution in [-0.4, -0.2) is 16.9 Å². The van der Waals surface area contributed by atoms with Crippen LogP contribution in [0.15, 0.2) is 23.8 Å². The second kappa shape index (κ2) is 8.06. The third kappa shape index (κ3) is 3.37. The van der Waals surface area contributed by atoms with E-state index in [0.717, 1.165) is 44.9 Å². The lowest BCUT2D eigenvalue weighted by Gasteiger charge is -2.71. The summed E-state index contributed by atoms with van der Waals surface area (Å²) in [7, 11) is 0. The second-order valence-electron chi connectivity index (χ2n) is 15.5. The van der Waals surface area contributed by atoms with Gasteiger partial charge in [-0.25, -0.2) is 0 Å². The first-order valence-corrected chi connectivity index (χ1v) is 14.6. The highest BCUT2D eigenvalue weighted by atomic mass is 16.4. The van der Waals surface area contributed by atoms with Gasteiger partial charge in [-0.3, -0.25) is 9.59 Å². The van der Waals surface area contributed by atoms with Crippen molar-refractivity contribution in [1.29, 1.82) is 5.26 Å². The molecule has 0 amide bonds. The average molecular weight is 506 g/mol. The Morgan fingerprint density at radius 3 is 2.30 bits per heavy atom. The first-order valence-electron chi connectivity index (χ1n) is 14.6. The summed E-state index contributed by atoms with van der Waals surface area (Å²) in [5, 5.41) is 20.2. The van der Waals surface area contributed by atoms with Gasteiger partial charge in [0.15, 0.2) is 5.78 Å². The third-order valence-corrected chi connectivity index (χ3v) is 13.1. The van der Waals surface area contributed by atoms with Crippen molar-refractivity contribution < 1.29 is 14.7 Å². The molecule has 0 heterocycles. The normalized spacial score (nSPS) is 48.0. The molecule has 0 saturated heterocycles. The van der Waals surface area contributed by atoms with Gasteiger partial charge in [0, 0.05) is 5.41 Å². The van der Waals surface area contributed by atoms with Crippen LogP contribution < -0.4 is 0 Å².